The number of anilines is 2. The number of ketones is 1. The highest BCUT2D eigenvalue weighted by Gasteiger charge is 2.33. The second-order valence-electron chi connectivity index (χ2n) is 7.82. The molecule has 1 atom stereocenters. The summed E-state index contributed by atoms with van der Waals surface area (Å²) in [4.78, 5) is 26.6. The largest absolute Gasteiger partial charge is 0.341 e. The molecule has 4 rings (SSSR count). The minimum absolute atomic E-state index is 0.0219. The predicted molar refractivity (Wildman–Crippen MR) is 115 cm³/mol. The number of aromatic nitrogens is 3. The van der Waals surface area contributed by atoms with E-state index in [1.807, 2.05) is 6.92 Å². The Bertz CT molecular complexity index is 902. The van der Waals surface area contributed by atoms with Gasteiger partial charge in [-0.3, -0.25) is 14.2 Å². The smallest absolute Gasteiger partial charge is 0.237 e. The quantitative estimate of drug-likeness (QED) is 0.547. The fraction of sp³-hybridized carbons (Fsp3) is 0.524. The zero-order valence-electron chi connectivity index (χ0n) is 16.9. The van der Waals surface area contributed by atoms with Crippen molar-refractivity contribution >= 4 is 35.1 Å². The van der Waals surface area contributed by atoms with Gasteiger partial charge < -0.3 is 10.2 Å². The van der Waals surface area contributed by atoms with Gasteiger partial charge in [-0.1, -0.05) is 23.9 Å². The fourth-order valence-electron chi connectivity index (χ4n) is 3.58. The molecule has 1 saturated carbocycles. The lowest BCUT2D eigenvalue weighted by Gasteiger charge is -2.28. The van der Waals surface area contributed by atoms with Gasteiger partial charge in [0.15, 0.2) is 10.9 Å². The van der Waals surface area contributed by atoms with Gasteiger partial charge in [0.25, 0.3) is 0 Å². The van der Waals surface area contributed by atoms with E-state index in [1.165, 1.54) is 37.9 Å². The molecule has 1 aromatic carbocycles. The highest BCUT2D eigenvalue weighted by molar-refractivity contribution is 8.00. The van der Waals surface area contributed by atoms with E-state index in [-0.39, 0.29) is 16.9 Å². The Labute approximate surface area is 175 Å². The van der Waals surface area contributed by atoms with E-state index < -0.39 is 0 Å². The molecule has 7 nitrogen and oxygen atoms in total. The number of carbonyl (C=O) groups is 2. The van der Waals surface area contributed by atoms with Crippen molar-refractivity contribution in [2.45, 2.75) is 62.4 Å². The number of piperidine rings is 1. The van der Waals surface area contributed by atoms with Crippen LogP contribution in [-0.2, 0) is 4.79 Å². The normalized spacial score (nSPS) is 17.8. The van der Waals surface area contributed by atoms with E-state index in [4.69, 9.17) is 0 Å². The topological polar surface area (TPSA) is 80.1 Å². The molecule has 154 valence electrons. The van der Waals surface area contributed by atoms with Crippen LogP contribution in [0.2, 0.25) is 0 Å². The van der Waals surface area contributed by atoms with Gasteiger partial charge in [0, 0.05) is 30.4 Å². The molecule has 1 aromatic heterocycles. The molecule has 8 heteroatoms. The van der Waals surface area contributed by atoms with Crippen LogP contribution in [0.25, 0.3) is 0 Å². The third-order valence-electron chi connectivity index (χ3n) is 5.39. The van der Waals surface area contributed by atoms with Crippen LogP contribution in [0.5, 0.6) is 0 Å². The SMILES string of the molecule is CC(=O)c1cccc(NC(=O)C(C)Sc2nnc(N3CCCCC3)n2C2CC2)c1. The van der Waals surface area contributed by atoms with Crippen molar-refractivity contribution in [1.82, 2.24) is 14.8 Å². The summed E-state index contributed by atoms with van der Waals surface area (Å²) >= 11 is 1.44. The number of hydrogen-bond acceptors (Lipinski definition) is 6. The zero-order valence-corrected chi connectivity index (χ0v) is 17.7. The molecular formula is C21H27N5O2S. The van der Waals surface area contributed by atoms with E-state index in [2.05, 4.69) is 25.0 Å². The average molecular weight is 414 g/mol. The molecule has 0 spiro atoms. The maximum Gasteiger partial charge on any atom is 0.237 e. The van der Waals surface area contributed by atoms with Crippen LogP contribution in [0.3, 0.4) is 0 Å². The van der Waals surface area contributed by atoms with Crippen molar-refractivity contribution in [3.63, 3.8) is 0 Å². The van der Waals surface area contributed by atoms with Crippen LogP contribution < -0.4 is 10.2 Å². The van der Waals surface area contributed by atoms with Crippen molar-refractivity contribution in [1.29, 1.82) is 0 Å². The molecule has 1 saturated heterocycles. The van der Waals surface area contributed by atoms with Crippen LogP contribution in [0.15, 0.2) is 29.4 Å². The van der Waals surface area contributed by atoms with E-state index in [9.17, 15) is 9.59 Å². The van der Waals surface area contributed by atoms with E-state index in [1.54, 1.807) is 24.3 Å². The highest BCUT2D eigenvalue weighted by atomic mass is 32.2. The Hall–Kier alpha value is -2.35. The predicted octanol–water partition coefficient (Wildman–Crippen LogP) is 3.93. The molecule has 2 fully saturated rings. The van der Waals surface area contributed by atoms with Crippen molar-refractivity contribution in [2.75, 3.05) is 23.3 Å². The van der Waals surface area contributed by atoms with Crippen molar-refractivity contribution in [3.8, 4) is 0 Å². The number of carbonyl (C=O) groups excluding carboxylic acids is 2. The molecule has 0 radical (unpaired) electrons. The number of amides is 1. The number of Topliss-reactive ketones (excluding diaryl/α,β-unsaturated/α-hetero) is 1. The Balaban J connectivity index is 1.46. The third-order valence-corrected chi connectivity index (χ3v) is 6.44. The second kappa shape index (κ2) is 8.57. The maximum absolute atomic E-state index is 12.7. The Kier molecular flexibility index (Phi) is 5.89. The molecule has 2 heterocycles. The van der Waals surface area contributed by atoms with Gasteiger partial charge in [-0.2, -0.15) is 0 Å². The van der Waals surface area contributed by atoms with Gasteiger partial charge in [-0.15, -0.1) is 10.2 Å². The molecule has 2 aromatic rings. The third kappa shape index (κ3) is 4.63. The molecule has 1 unspecified atom stereocenters. The average Bonchev–Trinajstić information content (AvgIpc) is 3.48. The first-order chi connectivity index (χ1) is 14.0. The lowest BCUT2D eigenvalue weighted by molar-refractivity contribution is -0.115. The van der Waals surface area contributed by atoms with E-state index in [0.717, 1.165) is 37.0 Å². The number of hydrogen-bond donors (Lipinski definition) is 1. The number of nitrogens with one attached hydrogen (secondary N) is 1. The summed E-state index contributed by atoms with van der Waals surface area (Å²) in [5, 5.41) is 12.3. The minimum atomic E-state index is -0.327. The molecule has 1 aliphatic heterocycles. The lowest BCUT2D eigenvalue weighted by Crippen LogP contribution is -2.32. The Morgan fingerprint density at radius 2 is 1.93 bits per heavy atom. The molecule has 1 aliphatic carbocycles. The van der Waals surface area contributed by atoms with Gasteiger partial charge >= 0.3 is 0 Å². The highest BCUT2D eigenvalue weighted by Crippen LogP contribution is 2.42. The van der Waals surface area contributed by atoms with Crippen LogP contribution in [0, 0.1) is 0 Å². The number of thioether (sulfide) groups is 1. The summed E-state index contributed by atoms with van der Waals surface area (Å²) in [6.07, 6.45) is 5.95. The van der Waals surface area contributed by atoms with Gasteiger partial charge in [-0.25, -0.2) is 0 Å². The lowest BCUT2D eigenvalue weighted by atomic mass is 10.1. The summed E-state index contributed by atoms with van der Waals surface area (Å²) in [5.74, 6) is 0.823. The zero-order chi connectivity index (χ0) is 20.4. The molecule has 1 N–H and O–H groups in total. The summed E-state index contributed by atoms with van der Waals surface area (Å²) in [5.41, 5.74) is 1.22. The number of rotatable bonds is 7. The van der Waals surface area contributed by atoms with Gasteiger partial charge in [0.2, 0.25) is 11.9 Å². The Morgan fingerprint density at radius 3 is 2.62 bits per heavy atom. The molecular weight excluding hydrogens is 386 g/mol. The van der Waals surface area contributed by atoms with Crippen molar-refractivity contribution in [3.05, 3.63) is 29.8 Å². The first kappa shape index (κ1) is 19.9. The standard InChI is InChI=1S/C21H27N5O2S/c1-14(27)16-7-6-8-17(13-16)22-19(28)15(2)29-21-24-23-20(26(21)18-9-10-18)25-11-4-3-5-12-25/h6-8,13,15,18H,3-5,9-12H2,1-2H3,(H,22,28). The summed E-state index contributed by atoms with van der Waals surface area (Å²) < 4.78 is 2.23. The van der Waals surface area contributed by atoms with Crippen LogP contribution in [0.1, 0.15) is 62.4 Å². The number of nitrogens with zero attached hydrogens (tertiary/aromatic N) is 4. The number of benzene rings is 1. The first-order valence-electron chi connectivity index (χ1n) is 10.3. The van der Waals surface area contributed by atoms with Crippen LogP contribution in [-0.4, -0.2) is 44.8 Å². The maximum atomic E-state index is 12.7. The molecule has 0 bridgehead atoms. The van der Waals surface area contributed by atoms with Crippen molar-refractivity contribution in [2.24, 2.45) is 0 Å². The van der Waals surface area contributed by atoms with Gasteiger partial charge in [0.1, 0.15) is 0 Å². The fourth-order valence-corrected chi connectivity index (χ4v) is 4.50. The van der Waals surface area contributed by atoms with E-state index in [0.29, 0.717) is 17.3 Å². The van der Waals surface area contributed by atoms with E-state index >= 15 is 0 Å². The summed E-state index contributed by atoms with van der Waals surface area (Å²) in [7, 11) is 0. The molecule has 1 amide bonds. The van der Waals surface area contributed by atoms with Crippen LogP contribution >= 0.6 is 11.8 Å². The summed E-state index contributed by atoms with van der Waals surface area (Å²) in [6, 6.07) is 7.48. The monoisotopic (exact) mass is 413 g/mol. The molecule has 2 aliphatic rings. The Morgan fingerprint density at radius 1 is 1.17 bits per heavy atom. The first-order valence-corrected chi connectivity index (χ1v) is 11.2. The van der Waals surface area contributed by atoms with Gasteiger partial charge in [0.05, 0.1) is 5.25 Å². The van der Waals surface area contributed by atoms with Crippen molar-refractivity contribution < 1.29 is 9.59 Å². The minimum Gasteiger partial charge on any atom is -0.341 e. The molecule has 29 heavy (non-hydrogen) atoms. The second-order valence-corrected chi connectivity index (χ2v) is 9.13. The van der Waals surface area contributed by atoms with Crippen LogP contribution in [0.4, 0.5) is 11.6 Å². The summed E-state index contributed by atoms with van der Waals surface area (Å²) in [6.45, 7) is 5.45. The van der Waals surface area contributed by atoms with Gasteiger partial charge in [-0.05, 0) is 58.1 Å².